The van der Waals surface area contributed by atoms with Crippen molar-refractivity contribution in [3.8, 4) is 0 Å². The number of carbonyl (C=O) groups is 5. The van der Waals surface area contributed by atoms with Gasteiger partial charge in [0.15, 0.2) is 0 Å². The van der Waals surface area contributed by atoms with Crippen LogP contribution in [-0.4, -0.2) is 56.3 Å². The average molecular weight is 559 g/mol. The van der Waals surface area contributed by atoms with Crippen molar-refractivity contribution >= 4 is 29.9 Å². The lowest BCUT2D eigenvalue weighted by atomic mass is 9.87. The Morgan fingerprint density at radius 2 is 1.07 bits per heavy atom. The summed E-state index contributed by atoms with van der Waals surface area (Å²) in [6.45, 7) is 16.9. The van der Waals surface area contributed by atoms with Gasteiger partial charge in [-0.25, -0.2) is 19.2 Å². The zero-order chi connectivity index (χ0) is 30.6. The molecular weight excluding hydrogens is 520 g/mol. The third-order valence-electron chi connectivity index (χ3n) is 5.78. The first kappa shape index (κ1) is 33.6. The molecule has 0 spiro atoms. The van der Waals surface area contributed by atoms with Crippen molar-refractivity contribution in [2.75, 3.05) is 26.4 Å². The third-order valence-corrected chi connectivity index (χ3v) is 5.78. The molecule has 218 valence electrons. The monoisotopic (exact) mass is 558 g/mol. The van der Waals surface area contributed by atoms with Crippen LogP contribution >= 0.6 is 0 Å². The number of ether oxygens (including phenoxy) is 4. The Balaban J connectivity index is 3.16. The molecule has 2 amide bonds. The van der Waals surface area contributed by atoms with E-state index in [1.165, 1.54) is 6.92 Å². The summed E-state index contributed by atoms with van der Waals surface area (Å²) in [5.41, 5.74) is -1.50. The molecule has 0 unspecified atom stereocenters. The van der Waals surface area contributed by atoms with E-state index < -0.39 is 66.9 Å². The molecule has 0 fully saturated rings. The number of alkyl carbamates (subject to hydrolysis) is 1. The molecule has 0 saturated heterocycles. The van der Waals surface area contributed by atoms with Crippen LogP contribution in [0.2, 0.25) is 0 Å². The van der Waals surface area contributed by atoms with Gasteiger partial charge >= 0.3 is 24.0 Å². The van der Waals surface area contributed by atoms with Gasteiger partial charge in [0.1, 0.15) is 31.8 Å². The first-order valence-corrected chi connectivity index (χ1v) is 12.3. The van der Waals surface area contributed by atoms with Crippen molar-refractivity contribution in [3.05, 3.63) is 73.4 Å². The quantitative estimate of drug-likeness (QED) is 0.188. The zero-order valence-corrected chi connectivity index (χ0v) is 23.7. The minimum atomic E-state index is -1.46. The van der Waals surface area contributed by atoms with E-state index in [0.717, 1.165) is 29.4 Å². The van der Waals surface area contributed by atoms with Gasteiger partial charge in [0, 0.05) is 25.2 Å². The summed E-state index contributed by atoms with van der Waals surface area (Å²) in [5, 5.41) is 5.66. The zero-order valence-electron chi connectivity index (χ0n) is 23.7. The second kappa shape index (κ2) is 14.7. The van der Waals surface area contributed by atoms with Gasteiger partial charge in [-0.05, 0) is 38.8 Å². The summed E-state index contributed by atoms with van der Waals surface area (Å²) >= 11 is 0. The average Bonchev–Trinajstić information content (AvgIpc) is 2.90. The molecular formula is C29H38N2O9. The fourth-order valence-electron chi connectivity index (χ4n) is 3.49. The minimum Gasteiger partial charge on any atom is -0.462 e. The smallest absolute Gasteiger partial charge is 0.407 e. The van der Waals surface area contributed by atoms with Crippen LogP contribution in [0.5, 0.6) is 0 Å². The predicted octanol–water partition coefficient (Wildman–Crippen LogP) is 3.19. The summed E-state index contributed by atoms with van der Waals surface area (Å²) < 4.78 is 20.8. The van der Waals surface area contributed by atoms with Gasteiger partial charge in [-0.2, -0.15) is 0 Å². The molecule has 11 heteroatoms. The number of hydrogen-bond donors (Lipinski definition) is 2. The van der Waals surface area contributed by atoms with E-state index >= 15 is 0 Å². The number of carbonyl (C=O) groups excluding carboxylic acids is 5. The fraction of sp³-hybridized carbons (Fsp3) is 0.414. The summed E-state index contributed by atoms with van der Waals surface area (Å²) in [5.74, 6) is -2.55. The molecule has 2 N–H and O–H groups in total. The van der Waals surface area contributed by atoms with E-state index in [0.29, 0.717) is 0 Å². The minimum absolute atomic E-state index is 0.184. The van der Waals surface area contributed by atoms with E-state index in [1.54, 1.807) is 13.8 Å². The number of rotatable bonds is 15. The number of nitrogens with one attached hydrogen (secondary N) is 2. The van der Waals surface area contributed by atoms with Gasteiger partial charge in [0.25, 0.3) is 0 Å². The second-order valence-corrected chi connectivity index (χ2v) is 10.1. The van der Waals surface area contributed by atoms with Crippen LogP contribution in [0, 0.1) is 5.41 Å². The first-order valence-electron chi connectivity index (χ1n) is 12.3. The maximum Gasteiger partial charge on any atom is 0.407 e. The molecule has 0 aromatic heterocycles. The number of benzene rings is 1. The Kier molecular flexibility index (Phi) is 12.3. The molecule has 0 aliphatic carbocycles. The van der Waals surface area contributed by atoms with Gasteiger partial charge in [-0.1, -0.05) is 44.0 Å². The van der Waals surface area contributed by atoms with Crippen molar-refractivity contribution in [3.63, 3.8) is 0 Å². The van der Waals surface area contributed by atoms with Gasteiger partial charge in [0.05, 0.1) is 11.1 Å². The Labute approximate surface area is 234 Å². The molecule has 0 atom stereocenters. The van der Waals surface area contributed by atoms with Gasteiger partial charge in [-0.3, -0.25) is 4.79 Å². The molecule has 1 aromatic rings. The lowest BCUT2D eigenvalue weighted by Crippen LogP contribution is -2.47. The van der Waals surface area contributed by atoms with E-state index in [2.05, 4.69) is 30.4 Å². The molecule has 0 radical (unpaired) electrons. The lowest BCUT2D eigenvalue weighted by Gasteiger charge is -2.33. The van der Waals surface area contributed by atoms with Crippen LogP contribution in [0.3, 0.4) is 0 Å². The molecule has 0 heterocycles. The second-order valence-electron chi connectivity index (χ2n) is 10.1. The normalized spacial score (nSPS) is 11.3. The van der Waals surface area contributed by atoms with Crippen LogP contribution in [0.25, 0.3) is 0 Å². The highest BCUT2D eigenvalue weighted by Crippen LogP contribution is 2.27. The van der Waals surface area contributed by atoms with Gasteiger partial charge in [-0.15, -0.1) is 0 Å². The van der Waals surface area contributed by atoms with E-state index in [4.69, 9.17) is 18.9 Å². The van der Waals surface area contributed by atoms with Gasteiger partial charge in [0.2, 0.25) is 5.91 Å². The van der Waals surface area contributed by atoms with Crippen molar-refractivity contribution in [2.45, 2.75) is 45.7 Å². The predicted molar refractivity (Wildman–Crippen MR) is 147 cm³/mol. The summed E-state index contributed by atoms with van der Waals surface area (Å²) in [6, 6.07) is 7.35. The topological polar surface area (TPSA) is 146 Å². The fourth-order valence-corrected chi connectivity index (χ4v) is 3.49. The lowest BCUT2D eigenvalue weighted by molar-refractivity contribution is -0.159. The summed E-state index contributed by atoms with van der Waals surface area (Å²) in [6.07, 6.45) is 1.93. The third kappa shape index (κ3) is 10.8. The Bertz CT molecular complexity index is 1080. The van der Waals surface area contributed by atoms with E-state index in [9.17, 15) is 24.0 Å². The first-order chi connectivity index (χ1) is 18.6. The van der Waals surface area contributed by atoms with Crippen molar-refractivity contribution in [1.82, 2.24) is 10.6 Å². The Hall–Kier alpha value is -4.41. The molecule has 40 heavy (non-hydrogen) atoms. The Morgan fingerprint density at radius 3 is 1.45 bits per heavy atom. The van der Waals surface area contributed by atoms with Crippen molar-refractivity contribution < 1.29 is 42.9 Å². The van der Waals surface area contributed by atoms with Crippen molar-refractivity contribution in [2.24, 2.45) is 5.41 Å². The van der Waals surface area contributed by atoms with E-state index in [-0.39, 0.29) is 5.91 Å². The number of hydrogen-bond acceptors (Lipinski definition) is 9. The maximum absolute atomic E-state index is 12.9. The van der Waals surface area contributed by atoms with Crippen LogP contribution in [0.4, 0.5) is 4.79 Å². The van der Waals surface area contributed by atoms with Crippen LogP contribution in [-0.2, 0) is 49.2 Å². The number of amides is 2. The molecule has 0 saturated carbocycles. The van der Waals surface area contributed by atoms with Crippen LogP contribution in [0.15, 0.2) is 62.2 Å². The summed E-state index contributed by atoms with van der Waals surface area (Å²) in [4.78, 5) is 59.8. The maximum atomic E-state index is 12.9. The highest BCUT2D eigenvalue weighted by Gasteiger charge is 2.38. The molecule has 1 aromatic carbocycles. The van der Waals surface area contributed by atoms with Gasteiger partial charge < -0.3 is 29.6 Å². The molecule has 0 aliphatic rings. The van der Waals surface area contributed by atoms with Crippen LogP contribution in [0.1, 0.15) is 45.7 Å². The SMILES string of the molecule is C=CC(=O)OCC(COC(=O)C=C)(COC(=O)C=C)COC(=O)NC(C)(C)c1cccc(C(C)(C)NC(C)=O)c1. The van der Waals surface area contributed by atoms with Crippen molar-refractivity contribution in [1.29, 1.82) is 0 Å². The van der Waals surface area contributed by atoms with E-state index in [1.807, 2.05) is 38.1 Å². The highest BCUT2D eigenvalue weighted by atomic mass is 16.6. The molecule has 0 aliphatic heterocycles. The molecule has 0 bridgehead atoms. The Morgan fingerprint density at radius 1 is 0.700 bits per heavy atom. The largest absolute Gasteiger partial charge is 0.462 e. The molecule has 11 nitrogen and oxygen atoms in total. The summed E-state index contributed by atoms with van der Waals surface area (Å²) in [7, 11) is 0. The highest BCUT2D eigenvalue weighted by molar-refractivity contribution is 5.82. The van der Waals surface area contributed by atoms with Crippen LogP contribution < -0.4 is 10.6 Å². The number of esters is 3. The molecule has 1 rings (SSSR count). The standard InChI is InChI=1S/C29H38N2O9/c1-9-23(33)37-16-29(17-38-24(34)10-2,18-39-25(35)11-3)19-40-26(36)31-28(7,8)22-14-12-13-21(15-22)27(5,6)30-20(4)32/h9-15H,1-3,16-19H2,4-8H3,(H,30,32)(H,31,36).